The summed E-state index contributed by atoms with van der Waals surface area (Å²) in [5.74, 6) is -4.30. The Kier molecular flexibility index (Phi) is 35.9. The zero-order chi connectivity index (χ0) is 51.8. The number of unbranched alkanes of at least 4 members (excludes halogenated alkanes) is 18. The summed E-state index contributed by atoms with van der Waals surface area (Å²) in [6, 6.07) is 0. The molecule has 1 aromatic rings. The zero-order valence-electron chi connectivity index (χ0n) is 44.5. The molecule has 0 bridgehead atoms. The molecule has 8 heteroatoms. The van der Waals surface area contributed by atoms with Gasteiger partial charge < -0.3 is 0 Å². The Labute approximate surface area is 421 Å². The van der Waals surface area contributed by atoms with Crippen molar-refractivity contribution in [1.82, 2.24) is 0 Å². The molecule has 0 aliphatic carbocycles. The first kappa shape index (κ1) is 62.5. The fourth-order valence-corrected chi connectivity index (χ4v) is 7.53. The van der Waals surface area contributed by atoms with E-state index in [0.717, 1.165) is 48.8 Å². The lowest BCUT2D eigenvalue weighted by Crippen LogP contribution is -2.66. The summed E-state index contributed by atoms with van der Waals surface area (Å²) in [5, 5.41) is -0.566. The van der Waals surface area contributed by atoms with Crippen molar-refractivity contribution in [3.8, 4) is 0 Å². The van der Waals surface area contributed by atoms with Gasteiger partial charge in [0.05, 0.1) is 5.22 Å². The highest BCUT2D eigenvalue weighted by molar-refractivity contribution is 6.42. The van der Waals surface area contributed by atoms with E-state index in [4.69, 9.17) is 9.78 Å². The van der Waals surface area contributed by atoms with E-state index in [1.165, 1.54) is 127 Å². The molecular weight excluding hydrogens is 873 g/mol. The average molecular weight is 961 g/mol. The molecule has 0 unspecified atom stereocenters. The van der Waals surface area contributed by atoms with E-state index >= 15 is 0 Å². The van der Waals surface area contributed by atoms with Crippen LogP contribution in [0.4, 0.5) is 0 Å². The van der Waals surface area contributed by atoms with Crippen LogP contribution in [0.2, 0.25) is 0 Å². The summed E-state index contributed by atoms with van der Waals surface area (Å²) in [7, 11) is 0. The van der Waals surface area contributed by atoms with Crippen LogP contribution in [-0.2, 0) is 29.0 Å². The fraction of sp³-hybridized carbons (Fsp3) is 0.516. The van der Waals surface area contributed by atoms with Crippen molar-refractivity contribution >= 4 is 35.2 Å². The van der Waals surface area contributed by atoms with Gasteiger partial charge in [-0.15, -0.1) is 0 Å². The van der Waals surface area contributed by atoms with Crippen molar-refractivity contribution < 1.29 is 29.0 Å². The third-order valence-corrected chi connectivity index (χ3v) is 11.7. The fourth-order valence-electron chi connectivity index (χ4n) is 7.53. The van der Waals surface area contributed by atoms with Gasteiger partial charge in [-0.3, -0.25) is 19.2 Å². The van der Waals surface area contributed by atoms with Crippen molar-refractivity contribution in [3.05, 3.63) is 150 Å². The Bertz CT molecular complexity index is 2260. The maximum absolute atomic E-state index is 13.8. The molecule has 0 radical (unpaired) electrons. The number of carbonyl (C=O) groups excluding carboxylic acids is 4. The maximum atomic E-state index is 13.8. The summed E-state index contributed by atoms with van der Waals surface area (Å²) in [6.45, 7) is 15.9. The van der Waals surface area contributed by atoms with Crippen LogP contribution >= 0.6 is 0 Å². The van der Waals surface area contributed by atoms with Crippen LogP contribution in [-0.4, -0.2) is 23.5 Å². The molecule has 0 heterocycles. The van der Waals surface area contributed by atoms with Crippen molar-refractivity contribution in [2.75, 3.05) is 0 Å². The van der Waals surface area contributed by atoms with Crippen molar-refractivity contribution in [1.29, 1.82) is 0 Å². The average Bonchev–Trinajstić information content (AvgIpc) is 3.31. The van der Waals surface area contributed by atoms with E-state index in [9.17, 15) is 28.8 Å². The lowest BCUT2D eigenvalue weighted by atomic mass is 9.99. The summed E-state index contributed by atoms with van der Waals surface area (Å²) >= 11 is 0. The number of ketones is 2. The Morgan fingerprint density at radius 1 is 0.443 bits per heavy atom. The van der Waals surface area contributed by atoms with E-state index in [1.807, 2.05) is 64.2 Å². The highest BCUT2D eigenvalue weighted by atomic mass is 17.2. The molecule has 0 saturated carbocycles. The van der Waals surface area contributed by atoms with Gasteiger partial charge in [-0.1, -0.05) is 218 Å². The molecule has 0 aliphatic rings. The molecule has 70 heavy (non-hydrogen) atoms. The van der Waals surface area contributed by atoms with Crippen molar-refractivity contribution in [2.24, 2.45) is 0 Å². The highest BCUT2D eigenvalue weighted by Crippen LogP contribution is 2.15. The molecule has 0 fully saturated rings. The molecular formula is C62H88O8. The van der Waals surface area contributed by atoms with Gasteiger partial charge in [-0.05, 0) is 111 Å². The van der Waals surface area contributed by atoms with Crippen LogP contribution in [0.3, 0.4) is 0 Å². The van der Waals surface area contributed by atoms with Gasteiger partial charge >= 0.3 is 11.9 Å². The summed E-state index contributed by atoms with van der Waals surface area (Å²) in [5.41, 5.74) is 0.501. The summed E-state index contributed by atoms with van der Waals surface area (Å²) in [6.07, 6.45) is 54.2. The zero-order valence-corrected chi connectivity index (χ0v) is 44.5. The van der Waals surface area contributed by atoms with Gasteiger partial charge in [0.25, 0.3) is 0 Å². The number of hydrogen-bond acceptors (Lipinski definition) is 8. The molecule has 1 aromatic carbocycles. The third-order valence-electron chi connectivity index (χ3n) is 11.7. The van der Waals surface area contributed by atoms with Crippen LogP contribution in [0.25, 0.3) is 11.6 Å². The predicted octanol–water partition coefficient (Wildman–Crippen LogP) is 14.3. The predicted molar refractivity (Wildman–Crippen MR) is 293 cm³/mol. The van der Waals surface area contributed by atoms with Gasteiger partial charge in [-0.25, -0.2) is 19.4 Å². The highest BCUT2D eigenvalue weighted by Gasteiger charge is 2.28. The first-order chi connectivity index (χ1) is 33.7. The molecule has 0 atom stereocenters. The van der Waals surface area contributed by atoms with Gasteiger partial charge in [-0.2, -0.15) is 0 Å². The van der Waals surface area contributed by atoms with Gasteiger partial charge in [0, 0.05) is 5.22 Å². The third kappa shape index (κ3) is 29.5. The second-order valence-corrected chi connectivity index (χ2v) is 18.9. The molecule has 0 spiro atoms. The minimum Gasteiger partial charge on any atom is -0.289 e. The molecule has 0 aliphatic heterocycles. The lowest BCUT2D eigenvalue weighted by Gasteiger charge is -2.08. The Morgan fingerprint density at radius 3 is 1.34 bits per heavy atom. The van der Waals surface area contributed by atoms with Crippen LogP contribution in [0.5, 0.6) is 0 Å². The van der Waals surface area contributed by atoms with Crippen LogP contribution in [0.1, 0.15) is 209 Å². The first-order valence-corrected chi connectivity index (χ1v) is 26.4. The summed E-state index contributed by atoms with van der Waals surface area (Å²) in [4.78, 5) is 90.6. The molecule has 0 saturated heterocycles. The summed E-state index contributed by atoms with van der Waals surface area (Å²) < 4.78 is 0. The van der Waals surface area contributed by atoms with E-state index in [0.29, 0.717) is 31.3 Å². The topological polar surface area (TPSA) is 121 Å². The number of rotatable bonds is 37. The second kappa shape index (κ2) is 40.3. The monoisotopic (exact) mass is 961 g/mol. The Morgan fingerprint density at radius 2 is 0.857 bits per heavy atom. The minimum absolute atomic E-state index is 0.142. The lowest BCUT2D eigenvalue weighted by molar-refractivity contribution is -0.250. The number of hydrogen-bond donors (Lipinski definition) is 0. The van der Waals surface area contributed by atoms with Crippen molar-refractivity contribution in [2.45, 2.75) is 209 Å². The molecule has 0 aromatic heterocycles. The number of allylic oxidation sites excluding steroid dienone is 19. The second-order valence-electron chi connectivity index (χ2n) is 18.9. The van der Waals surface area contributed by atoms with Gasteiger partial charge in [0.15, 0.2) is 11.6 Å². The largest absolute Gasteiger partial charge is 0.391 e. The minimum atomic E-state index is -1.45. The van der Waals surface area contributed by atoms with E-state index < -0.39 is 50.7 Å². The normalized spacial score (nSPS) is 13.4. The first-order valence-electron chi connectivity index (χ1n) is 26.4. The van der Waals surface area contributed by atoms with E-state index in [1.54, 1.807) is 38.2 Å². The van der Waals surface area contributed by atoms with Crippen LogP contribution in [0, 0.1) is 0 Å². The molecule has 8 nitrogen and oxygen atoms in total. The van der Waals surface area contributed by atoms with Crippen LogP contribution < -0.4 is 21.3 Å². The Balaban J connectivity index is 3.35. The SMILES string of the molecule is CCCCCCCCCCC\C=C/C=C/C=C/C=C(/C(=O)/C=C(\C)CCC=C(C)C)C(=O)OOC(=O)/C(C(=O)/C=C(\C)CCC=C(C)C)=c1/c(=O)c(=O)/c1=C\C=C\C=C\CCCCCCCCCCC. The van der Waals surface area contributed by atoms with Crippen LogP contribution in [0.15, 0.2) is 129 Å². The molecule has 384 valence electrons. The molecule has 0 N–H and O–H groups in total. The van der Waals surface area contributed by atoms with E-state index in [2.05, 4.69) is 19.9 Å². The molecule has 1 rings (SSSR count). The number of carbonyl (C=O) groups is 4. The standard InChI is InChI=1S/C62H88O8/c1-9-11-13-15-17-19-21-23-25-26-28-29-31-33-35-37-45-53(55(63)47-51(7)43-39-41-49(3)4)61(67)69-70-62(68)58(56(64)48-52(8)44-40-42-50(5)6)57-54(59(65)60(57)66)46-38-36-34-32-30-27-24-22-20-18-16-14-12-10-2/h28-29,31-38,41-42,45-48H,9-27,30,39-40,43-44H2,1-8H3/b29-28-,33-31+,34-32+,37-35+,38-36+,51-47+,52-48+,53-45-,54-46-,58-57+. The van der Waals surface area contributed by atoms with Gasteiger partial charge in [0.2, 0.25) is 10.9 Å². The smallest absolute Gasteiger partial charge is 0.289 e. The maximum Gasteiger partial charge on any atom is 0.391 e. The van der Waals surface area contributed by atoms with E-state index in [-0.39, 0.29) is 5.22 Å². The quantitative estimate of drug-likeness (QED) is 0.00744. The van der Waals surface area contributed by atoms with Crippen molar-refractivity contribution in [3.63, 3.8) is 0 Å². The van der Waals surface area contributed by atoms with Gasteiger partial charge in [0.1, 0.15) is 11.1 Å². The Hall–Kier alpha value is -5.50. The molecule has 0 amide bonds.